The van der Waals surface area contributed by atoms with Crippen molar-refractivity contribution in [1.82, 2.24) is 14.8 Å². The number of carbonyl (C=O) groups excluding carboxylic acids is 1. The van der Waals surface area contributed by atoms with Gasteiger partial charge >= 0.3 is 0 Å². The first-order valence-electron chi connectivity index (χ1n) is 12.6. The van der Waals surface area contributed by atoms with Gasteiger partial charge in [-0.2, -0.15) is 0 Å². The zero-order chi connectivity index (χ0) is 25.4. The van der Waals surface area contributed by atoms with E-state index in [1.54, 1.807) is 11.7 Å². The lowest BCUT2D eigenvalue weighted by Crippen LogP contribution is -2.46. The van der Waals surface area contributed by atoms with Gasteiger partial charge in [-0.3, -0.25) is 14.5 Å². The summed E-state index contributed by atoms with van der Waals surface area (Å²) in [4.78, 5) is 29.7. The minimum Gasteiger partial charge on any atom is -0.496 e. The molecule has 7 heteroatoms. The van der Waals surface area contributed by atoms with E-state index in [4.69, 9.17) is 4.74 Å². The van der Waals surface area contributed by atoms with E-state index < -0.39 is 5.92 Å². The maximum atomic E-state index is 13.8. The molecule has 5 rings (SSSR count). The topological polar surface area (TPSA) is 83.8 Å². The summed E-state index contributed by atoms with van der Waals surface area (Å²) >= 11 is 0. The first kappa shape index (κ1) is 24.3. The molecule has 5 atom stereocenters. The lowest BCUT2D eigenvalue weighted by atomic mass is 9.86. The summed E-state index contributed by atoms with van der Waals surface area (Å²) in [6.45, 7) is 5.09. The second-order valence-electron chi connectivity index (χ2n) is 9.64. The number of aliphatic hydroxyl groups is 1. The summed E-state index contributed by atoms with van der Waals surface area (Å²) in [5, 5.41) is 13.6. The monoisotopic (exact) mass is 487 g/mol. The van der Waals surface area contributed by atoms with E-state index in [0.717, 1.165) is 23.4 Å². The van der Waals surface area contributed by atoms with Gasteiger partial charge in [0, 0.05) is 36.4 Å². The van der Waals surface area contributed by atoms with Gasteiger partial charge in [0.25, 0.3) is 5.56 Å². The number of hydrogen-bond donors (Lipinski definition) is 2. The molecule has 0 aliphatic carbocycles. The van der Waals surface area contributed by atoms with Gasteiger partial charge in [-0.1, -0.05) is 55.5 Å². The van der Waals surface area contributed by atoms with Crippen molar-refractivity contribution in [3.05, 3.63) is 88.3 Å². The molecule has 0 unspecified atom stereocenters. The summed E-state index contributed by atoms with van der Waals surface area (Å²) in [6.07, 6.45) is 0. The largest absolute Gasteiger partial charge is 0.496 e. The average molecular weight is 488 g/mol. The molecule has 2 aromatic carbocycles. The Balaban J connectivity index is 1.55. The van der Waals surface area contributed by atoms with E-state index in [-0.39, 0.29) is 42.1 Å². The Morgan fingerprint density at radius 3 is 2.50 bits per heavy atom. The molecule has 0 radical (unpaired) electrons. The molecule has 188 valence electrons. The van der Waals surface area contributed by atoms with Crippen LogP contribution < -0.4 is 15.6 Å². The number of carbonyl (C=O) groups is 1. The Bertz CT molecular complexity index is 1310. The molecule has 2 bridgehead atoms. The standard InChI is InChI=1S/C29H33N3O4/c1-4-31-24-16-32-23(15-14-21(29(32)35)20-12-8-9-13-25(20)36-3)27(31)26(22(24)17-33)28(34)30-18(2)19-10-6-5-7-11-19/h5-15,18,22,24,26-27,33H,4,16-17H2,1-3H3,(H,30,34)/t18-,22+,24+,26-,27-/m1/s1. The Labute approximate surface area is 211 Å². The number of aliphatic hydroxyl groups excluding tert-OH is 1. The SMILES string of the molecule is CCN1[C@@H]2c3ccc(-c4ccccc4OC)c(=O)n3C[C@H]1[C@H](CO)[C@H]2C(=O)N[C@H](C)c1ccccc1. The number of pyridine rings is 1. The molecule has 3 aromatic rings. The summed E-state index contributed by atoms with van der Waals surface area (Å²) in [6, 6.07) is 20.6. The van der Waals surface area contributed by atoms with Crippen LogP contribution in [-0.2, 0) is 11.3 Å². The van der Waals surface area contributed by atoms with Gasteiger partial charge in [0.05, 0.1) is 30.7 Å². The molecule has 1 aromatic heterocycles. The fourth-order valence-corrected chi connectivity index (χ4v) is 6.16. The number of benzene rings is 2. The van der Waals surface area contributed by atoms with E-state index >= 15 is 0 Å². The summed E-state index contributed by atoms with van der Waals surface area (Å²) in [5.41, 5.74) is 3.06. The van der Waals surface area contributed by atoms with Crippen molar-refractivity contribution in [2.75, 3.05) is 20.3 Å². The molecule has 36 heavy (non-hydrogen) atoms. The third-order valence-electron chi connectivity index (χ3n) is 7.89. The van der Waals surface area contributed by atoms with Gasteiger partial charge in [0.15, 0.2) is 0 Å². The van der Waals surface area contributed by atoms with Crippen LogP contribution in [0.2, 0.25) is 0 Å². The highest BCUT2D eigenvalue weighted by molar-refractivity contribution is 5.81. The molecule has 1 amide bonds. The number of likely N-dealkylation sites (N-methyl/N-ethyl adjacent to an activating group) is 1. The fourth-order valence-electron chi connectivity index (χ4n) is 6.16. The van der Waals surface area contributed by atoms with Gasteiger partial charge in [-0.25, -0.2) is 0 Å². The number of hydrogen-bond acceptors (Lipinski definition) is 5. The second kappa shape index (κ2) is 9.91. The summed E-state index contributed by atoms with van der Waals surface area (Å²) in [7, 11) is 1.60. The van der Waals surface area contributed by atoms with Gasteiger partial charge in [0.1, 0.15) is 5.75 Å². The van der Waals surface area contributed by atoms with Crippen LogP contribution in [0.3, 0.4) is 0 Å². The van der Waals surface area contributed by atoms with Crippen LogP contribution in [0.25, 0.3) is 11.1 Å². The van der Waals surface area contributed by atoms with Crippen LogP contribution >= 0.6 is 0 Å². The zero-order valence-corrected chi connectivity index (χ0v) is 20.9. The van der Waals surface area contributed by atoms with E-state index in [2.05, 4.69) is 17.1 Å². The number of aromatic nitrogens is 1. The second-order valence-corrected chi connectivity index (χ2v) is 9.64. The molecule has 0 saturated carbocycles. The molecular formula is C29H33N3O4. The van der Waals surface area contributed by atoms with E-state index in [9.17, 15) is 14.7 Å². The number of nitrogens with one attached hydrogen (secondary N) is 1. The first-order chi connectivity index (χ1) is 17.5. The van der Waals surface area contributed by atoms with Crippen molar-refractivity contribution in [2.24, 2.45) is 11.8 Å². The average Bonchev–Trinajstić information content (AvgIpc) is 3.14. The number of methoxy groups -OCH3 is 1. The normalized spacial score (nSPS) is 23.7. The lowest BCUT2D eigenvalue weighted by molar-refractivity contribution is -0.128. The van der Waals surface area contributed by atoms with Crippen LogP contribution in [0, 0.1) is 11.8 Å². The van der Waals surface area contributed by atoms with E-state index in [1.165, 1.54) is 0 Å². The Morgan fingerprint density at radius 2 is 1.81 bits per heavy atom. The lowest BCUT2D eigenvalue weighted by Gasteiger charge is -2.37. The van der Waals surface area contributed by atoms with Gasteiger partial charge in [0.2, 0.25) is 5.91 Å². The number of ether oxygens (including phenoxy) is 1. The predicted molar refractivity (Wildman–Crippen MR) is 139 cm³/mol. The van der Waals surface area contributed by atoms with Gasteiger partial charge < -0.3 is 19.7 Å². The minimum atomic E-state index is -0.462. The van der Waals surface area contributed by atoms with Gasteiger partial charge in [-0.15, -0.1) is 0 Å². The highest BCUT2D eigenvalue weighted by Crippen LogP contribution is 2.48. The van der Waals surface area contributed by atoms with Gasteiger partial charge in [-0.05, 0) is 37.2 Å². The molecule has 1 saturated heterocycles. The van der Waals surface area contributed by atoms with Crippen LogP contribution in [0.4, 0.5) is 0 Å². The summed E-state index contributed by atoms with van der Waals surface area (Å²) < 4.78 is 7.31. The Hall–Kier alpha value is -3.42. The van der Waals surface area contributed by atoms with E-state index in [1.807, 2.05) is 73.7 Å². The molecule has 2 N–H and O–H groups in total. The van der Waals surface area contributed by atoms with Crippen molar-refractivity contribution in [3.63, 3.8) is 0 Å². The van der Waals surface area contributed by atoms with Crippen molar-refractivity contribution in [2.45, 2.75) is 38.5 Å². The van der Waals surface area contributed by atoms with Crippen LogP contribution in [0.1, 0.15) is 37.2 Å². The van der Waals surface area contributed by atoms with Crippen molar-refractivity contribution >= 4 is 5.91 Å². The highest BCUT2D eigenvalue weighted by atomic mass is 16.5. The Morgan fingerprint density at radius 1 is 1.08 bits per heavy atom. The third-order valence-corrected chi connectivity index (χ3v) is 7.89. The molecule has 1 fully saturated rings. The maximum Gasteiger partial charge on any atom is 0.258 e. The number of rotatable bonds is 7. The molecular weight excluding hydrogens is 454 g/mol. The number of nitrogens with zero attached hydrogens (tertiary/aromatic N) is 2. The predicted octanol–water partition coefficient (Wildman–Crippen LogP) is 3.38. The van der Waals surface area contributed by atoms with Crippen LogP contribution in [0.15, 0.2) is 71.5 Å². The number of amides is 1. The van der Waals surface area contributed by atoms with Crippen LogP contribution in [0.5, 0.6) is 5.75 Å². The fraction of sp³-hybridized carbons (Fsp3) is 0.379. The van der Waals surface area contributed by atoms with E-state index in [0.29, 0.717) is 17.9 Å². The van der Waals surface area contributed by atoms with Crippen LogP contribution in [-0.4, -0.2) is 46.8 Å². The minimum absolute atomic E-state index is 0.0916. The zero-order valence-electron chi connectivity index (χ0n) is 20.9. The summed E-state index contributed by atoms with van der Waals surface area (Å²) in [5.74, 6) is -0.182. The molecule has 2 aliphatic rings. The van der Waals surface area contributed by atoms with Crippen molar-refractivity contribution < 1.29 is 14.6 Å². The first-order valence-corrected chi connectivity index (χ1v) is 12.6. The maximum absolute atomic E-state index is 13.8. The molecule has 7 nitrogen and oxygen atoms in total. The number of para-hydroxylation sites is 1. The number of fused-ring (bicyclic) bond motifs is 4. The van der Waals surface area contributed by atoms with Crippen molar-refractivity contribution in [1.29, 1.82) is 0 Å². The third kappa shape index (κ3) is 3.92. The Kier molecular flexibility index (Phi) is 6.69. The molecule has 2 aliphatic heterocycles. The van der Waals surface area contributed by atoms with Crippen molar-refractivity contribution in [3.8, 4) is 16.9 Å². The molecule has 0 spiro atoms. The molecule has 3 heterocycles. The highest BCUT2D eigenvalue weighted by Gasteiger charge is 2.55. The smallest absolute Gasteiger partial charge is 0.258 e. The quantitative estimate of drug-likeness (QED) is 0.534.